The third kappa shape index (κ3) is 4.14. The van der Waals surface area contributed by atoms with E-state index in [1.54, 1.807) is 0 Å². The molecule has 0 bridgehead atoms. The Morgan fingerprint density at radius 1 is 1.50 bits per heavy atom. The Labute approximate surface area is 108 Å². The summed E-state index contributed by atoms with van der Waals surface area (Å²) in [5.74, 6) is -0.688. The van der Waals surface area contributed by atoms with E-state index in [4.69, 9.17) is 5.11 Å². The highest BCUT2D eigenvalue weighted by molar-refractivity contribution is 5.73. The van der Waals surface area contributed by atoms with Crippen LogP contribution in [-0.4, -0.2) is 33.4 Å². The zero-order chi connectivity index (χ0) is 13.7. The van der Waals surface area contributed by atoms with E-state index < -0.39 is 12.0 Å². The Bertz CT molecular complexity index is 399. The lowest BCUT2D eigenvalue weighted by atomic mass is 10.0. The minimum absolute atomic E-state index is 0.0937. The number of aryl methyl sites for hydroxylation is 3. The molecule has 102 valence electrons. The van der Waals surface area contributed by atoms with Gasteiger partial charge in [0.25, 0.3) is 0 Å². The number of nitrogens with zero attached hydrogens (tertiary/aromatic N) is 2. The maximum absolute atomic E-state index is 11.0. The van der Waals surface area contributed by atoms with Crippen LogP contribution in [0.4, 0.5) is 0 Å². The largest absolute Gasteiger partial charge is 0.480 e. The molecule has 0 amide bonds. The van der Waals surface area contributed by atoms with E-state index in [2.05, 4.69) is 10.4 Å². The fourth-order valence-electron chi connectivity index (χ4n) is 2.00. The van der Waals surface area contributed by atoms with Gasteiger partial charge in [-0.15, -0.1) is 0 Å². The first-order valence-corrected chi connectivity index (χ1v) is 6.39. The van der Waals surface area contributed by atoms with Gasteiger partial charge in [0.2, 0.25) is 0 Å². The molecule has 18 heavy (non-hydrogen) atoms. The van der Waals surface area contributed by atoms with Gasteiger partial charge in [-0.05, 0) is 38.8 Å². The topological polar surface area (TPSA) is 67.2 Å². The highest BCUT2D eigenvalue weighted by Gasteiger charge is 2.19. The molecule has 0 aromatic carbocycles. The van der Waals surface area contributed by atoms with Crippen LogP contribution in [-0.2, 0) is 11.3 Å². The minimum atomic E-state index is -0.781. The van der Waals surface area contributed by atoms with E-state index >= 15 is 0 Å². The summed E-state index contributed by atoms with van der Waals surface area (Å²) in [4.78, 5) is 11.0. The number of hydrogen-bond donors (Lipinski definition) is 2. The Hall–Kier alpha value is -1.36. The Balaban J connectivity index is 2.34. The number of carboxylic acid groups (broad SMARTS) is 1. The molecule has 1 unspecified atom stereocenters. The second kappa shape index (κ2) is 6.54. The second-order valence-electron chi connectivity index (χ2n) is 5.02. The molecule has 0 aliphatic carbocycles. The maximum atomic E-state index is 11.0. The number of carbonyl (C=O) groups is 1. The molecule has 0 saturated carbocycles. The van der Waals surface area contributed by atoms with Crippen LogP contribution in [0.15, 0.2) is 6.07 Å². The molecule has 0 saturated heterocycles. The third-order valence-corrected chi connectivity index (χ3v) is 2.95. The smallest absolute Gasteiger partial charge is 0.320 e. The quantitative estimate of drug-likeness (QED) is 0.724. The number of nitrogens with one attached hydrogen (secondary N) is 1. The summed E-state index contributed by atoms with van der Waals surface area (Å²) < 4.78 is 1.96. The molecule has 0 fully saturated rings. The van der Waals surface area contributed by atoms with Gasteiger partial charge in [-0.1, -0.05) is 13.8 Å². The monoisotopic (exact) mass is 253 g/mol. The predicted octanol–water partition coefficient (Wildman–Crippen LogP) is 1.59. The molecule has 0 aliphatic rings. The van der Waals surface area contributed by atoms with Crippen molar-refractivity contribution in [2.45, 2.75) is 46.7 Å². The van der Waals surface area contributed by atoms with Crippen LogP contribution in [0.1, 0.15) is 31.7 Å². The number of rotatable bonds is 7. The van der Waals surface area contributed by atoms with Gasteiger partial charge in [0.15, 0.2) is 0 Å². The molecule has 2 N–H and O–H groups in total. The van der Waals surface area contributed by atoms with E-state index in [0.717, 1.165) is 24.4 Å². The SMILES string of the molecule is Cc1cc(C)n(CCCNC(C(=O)O)C(C)C)n1. The van der Waals surface area contributed by atoms with Crippen molar-refractivity contribution < 1.29 is 9.90 Å². The van der Waals surface area contributed by atoms with Gasteiger partial charge >= 0.3 is 5.97 Å². The van der Waals surface area contributed by atoms with E-state index in [9.17, 15) is 4.79 Å². The maximum Gasteiger partial charge on any atom is 0.320 e. The zero-order valence-corrected chi connectivity index (χ0v) is 11.6. The molecule has 1 aromatic heterocycles. The zero-order valence-electron chi connectivity index (χ0n) is 11.6. The highest BCUT2D eigenvalue weighted by Crippen LogP contribution is 2.04. The van der Waals surface area contributed by atoms with Gasteiger partial charge in [-0.25, -0.2) is 0 Å². The van der Waals surface area contributed by atoms with Crippen LogP contribution in [0.2, 0.25) is 0 Å². The Morgan fingerprint density at radius 2 is 2.17 bits per heavy atom. The van der Waals surface area contributed by atoms with Crippen LogP contribution in [0.25, 0.3) is 0 Å². The Kier molecular flexibility index (Phi) is 5.34. The van der Waals surface area contributed by atoms with Crippen molar-refractivity contribution in [3.8, 4) is 0 Å². The molecule has 1 heterocycles. The average molecular weight is 253 g/mol. The summed E-state index contributed by atoms with van der Waals surface area (Å²) in [6.45, 7) is 9.33. The minimum Gasteiger partial charge on any atom is -0.480 e. The fraction of sp³-hybridized carbons (Fsp3) is 0.692. The van der Waals surface area contributed by atoms with Gasteiger partial charge in [0.05, 0.1) is 5.69 Å². The van der Waals surface area contributed by atoms with E-state index in [1.165, 1.54) is 0 Å². The van der Waals surface area contributed by atoms with E-state index in [-0.39, 0.29) is 5.92 Å². The van der Waals surface area contributed by atoms with Crippen molar-refractivity contribution in [1.82, 2.24) is 15.1 Å². The molecule has 0 aliphatic heterocycles. The predicted molar refractivity (Wildman–Crippen MR) is 70.6 cm³/mol. The van der Waals surface area contributed by atoms with Crippen molar-refractivity contribution in [2.24, 2.45) is 5.92 Å². The van der Waals surface area contributed by atoms with Gasteiger partial charge in [0.1, 0.15) is 6.04 Å². The van der Waals surface area contributed by atoms with Crippen LogP contribution in [0, 0.1) is 19.8 Å². The Morgan fingerprint density at radius 3 is 2.61 bits per heavy atom. The average Bonchev–Trinajstić information content (AvgIpc) is 2.56. The number of aromatic nitrogens is 2. The summed E-state index contributed by atoms with van der Waals surface area (Å²) in [5, 5.41) is 16.5. The number of hydrogen-bond acceptors (Lipinski definition) is 3. The molecule has 0 radical (unpaired) electrons. The summed E-state index contributed by atoms with van der Waals surface area (Å²) in [5.41, 5.74) is 2.16. The lowest BCUT2D eigenvalue weighted by Crippen LogP contribution is -2.41. The lowest BCUT2D eigenvalue weighted by molar-refractivity contribution is -0.140. The molecule has 1 rings (SSSR count). The normalized spacial score (nSPS) is 12.9. The summed E-state index contributed by atoms with van der Waals surface area (Å²) >= 11 is 0. The van der Waals surface area contributed by atoms with Crippen molar-refractivity contribution in [1.29, 1.82) is 0 Å². The van der Waals surface area contributed by atoms with Crippen LogP contribution < -0.4 is 5.32 Å². The van der Waals surface area contributed by atoms with E-state index in [1.807, 2.05) is 38.4 Å². The second-order valence-corrected chi connectivity index (χ2v) is 5.02. The third-order valence-electron chi connectivity index (χ3n) is 2.95. The van der Waals surface area contributed by atoms with Crippen LogP contribution >= 0.6 is 0 Å². The first-order valence-electron chi connectivity index (χ1n) is 6.39. The van der Waals surface area contributed by atoms with Crippen molar-refractivity contribution >= 4 is 5.97 Å². The molecular weight excluding hydrogens is 230 g/mol. The molecule has 5 nitrogen and oxygen atoms in total. The fourth-order valence-corrected chi connectivity index (χ4v) is 2.00. The first-order chi connectivity index (χ1) is 8.41. The summed E-state index contributed by atoms with van der Waals surface area (Å²) in [6.07, 6.45) is 0.873. The summed E-state index contributed by atoms with van der Waals surface area (Å²) in [6, 6.07) is 1.58. The molecular formula is C13H23N3O2. The standard InChI is InChI=1S/C13H23N3O2/c1-9(2)12(13(17)18)14-6-5-7-16-11(4)8-10(3)15-16/h8-9,12,14H,5-7H2,1-4H3,(H,17,18). The van der Waals surface area contributed by atoms with Crippen LogP contribution in [0.5, 0.6) is 0 Å². The molecule has 1 atom stereocenters. The van der Waals surface area contributed by atoms with Crippen molar-refractivity contribution in [3.05, 3.63) is 17.5 Å². The summed E-state index contributed by atoms with van der Waals surface area (Å²) in [7, 11) is 0. The highest BCUT2D eigenvalue weighted by atomic mass is 16.4. The molecule has 0 spiro atoms. The van der Waals surface area contributed by atoms with Gasteiger partial charge in [-0.3, -0.25) is 9.48 Å². The van der Waals surface area contributed by atoms with Crippen LogP contribution in [0.3, 0.4) is 0 Å². The van der Waals surface area contributed by atoms with E-state index in [0.29, 0.717) is 6.54 Å². The molecule has 1 aromatic rings. The van der Waals surface area contributed by atoms with Gasteiger partial charge in [0, 0.05) is 12.2 Å². The number of carboxylic acids is 1. The van der Waals surface area contributed by atoms with Crippen molar-refractivity contribution in [3.63, 3.8) is 0 Å². The van der Waals surface area contributed by atoms with Gasteiger partial charge in [-0.2, -0.15) is 5.10 Å². The van der Waals surface area contributed by atoms with Crippen molar-refractivity contribution in [2.75, 3.05) is 6.54 Å². The first kappa shape index (κ1) is 14.7. The van der Waals surface area contributed by atoms with Gasteiger partial charge < -0.3 is 10.4 Å². The lowest BCUT2D eigenvalue weighted by Gasteiger charge is -2.17. The number of aliphatic carboxylic acids is 1. The molecule has 5 heteroatoms.